The Balaban J connectivity index is 1.68. The van der Waals surface area contributed by atoms with Crippen LogP contribution in [0.3, 0.4) is 0 Å². The molecule has 0 saturated carbocycles. The van der Waals surface area contributed by atoms with Crippen molar-refractivity contribution in [3.8, 4) is 11.5 Å². The minimum Gasteiger partial charge on any atom is -0.497 e. The molecule has 1 aliphatic rings. The number of nitrogens with one attached hydrogen (secondary N) is 1. The minimum absolute atomic E-state index is 0.0755. The molecule has 8 heteroatoms. The Morgan fingerprint density at radius 3 is 2.16 bits per heavy atom. The molecule has 1 heterocycles. The number of benzene rings is 4. The van der Waals surface area contributed by atoms with Gasteiger partial charge in [0, 0.05) is 11.3 Å². The SMILES string of the molecule is COc1ccc([C@H]2[C@H](C(=O)Nc3ccc(F)cc3Cl)c3ccccc3C(=O)N2c2ccc(OC)cc2)cc1. The van der Waals surface area contributed by atoms with Crippen molar-refractivity contribution in [3.63, 3.8) is 0 Å². The Morgan fingerprint density at radius 2 is 1.53 bits per heavy atom. The molecule has 38 heavy (non-hydrogen) atoms. The highest BCUT2D eigenvalue weighted by atomic mass is 35.5. The van der Waals surface area contributed by atoms with Crippen molar-refractivity contribution in [1.82, 2.24) is 0 Å². The highest BCUT2D eigenvalue weighted by Gasteiger charge is 2.45. The van der Waals surface area contributed by atoms with E-state index in [0.717, 1.165) is 11.6 Å². The molecule has 5 rings (SSSR count). The standard InChI is InChI=1S/C30H24ClFN2O4/c1-37-21-12-7-18(8-13-21)28-27(29(35)33-26-16-9-19(32)17-25(26)31)23-5-3-4-6-24(23)30(36)34(28)20-10-14-22(38-2)15-11-20/h3-17,27-28H,1-2H3,(H,33,35)/t27-,28+/m1/s1. The number of methoxy groups -OCH3 is 2. The molecule has 2 amide bonds. The molecule has 0 spiro atoms. The number of rotatable bonds is 6. The van der Waals surface area contributed by atoms with Crippen molar-refractivity contribution in [1.29, 1.82) is 0 Å². The first-order valence-electron chi connectivity index (χ1n) is 11.9. The monoisotopic (exact) mass is 530 g/mol. The number of halogens is 2. The summed E-state index contributed by atoms with van der Waals surface area (Å²) in [4.78, 5) is 29.6. The lowest BCUT2D eigenvalue weighted by molar-refractivity contribution is -0.118. The highest BCUT2D eigenvalue weighted by Crippen LogP contribution is 2.46. The molecule has 4 aromatic rings. The summed E-state index contributed by atoms with van der Waals surface area (Å²) >= 11 is 6.23. The molecule has 6 nitrogen and oxygen atoms in total. The normalized spacial score (nSPS) is 16.5. The van der Waals surface area contributed by atoms with Crippen LogP contribution in [0.4, 0.5) is 15.8 Å². The number of hydrogen-bond donors (Lipinski definition) is 1. The van der Waals surface area contributed by atoms with Crippen molar-refractivity contribution in [2.75, 3.05) is 24.4 Å². The molecule has 4 aromatic carbocycles. The summed E-state index contributed by atoms with van der Waals surface area (Å²) in [6.45, 7) is 0. The third-order valence-corrected chi connectivity index (χ3v) is 6.93. The molecule has 0 saturated heterocycles. The summed E-state index contributed by atoms with van der Waals surface area (Å²) in [5, 5.41) is 2.93. The summed E-state index contributed by atoms with van der Waals surface area (Å²) in [7, 11) is 3.14. The van der Waals surface area contributed by atoms with Crippen LogP contribution in [0.15, 0.2) is 91.0 Å². The van der Waals surface area contributed by atoms with E-state index in [1.807, 2.05) is 12.1 Å². The zero-order chi connectivity index (χ0) is 26.8. The molecule has 2 atom stereocenters. The first-order valence-corrected chi connectivity index (χ1v) is 12.3. The van der Waals surface area contributed by atoms with Crippen LogP contribution in [0, 0.1) is 5.82 Å². The third-order valence-electron chi connectivity index (χ3n) is 6.62. The summed E-state index contributed by atoms with van der Waals surface area (Å²) in [6, 6.07) is 24.5. The lowest BCUT2D eigenvalue weighted by atomic mass is 9.78. The number of hydrogen-bond acceptors (Lipinski definition) is 4. The lowest BCUT2D eigenvalue weighted by Gasteiger charge is -2.42. The van der Waals surface area contributed by atoms with Gasteiger partial charge < -0.3 is 14.8 Å². The number of anilines is 2. The maximum absolute atomic E-state index is 14.0. The Hall–Kier alpha value is -4.36. The van der Waals surface area contributed by atoms with Gasteiger partial charge in [-0.25, -0.2) is 4.39 Å². The first kappa shape index (κ1) is 25.3. The molecule has 1 aliphatic heterocycles. The van der Waals surface area contributed by atoms with Crippen LogP contribution in [-0.4, -0.2) is 26.0 Å². The fourth-order valence-electron chi connectivity index (χ4n) is 4.79. The maximum atomic E-state index is 14.0. The molecular weight excluding hydrogens is 507 g/mol. The number of nitrogens with zero attached hydrogens (tertiary/aromatic N) is 1. The fraction of sp³-hybridized carbons (Fsp3) is 0.133. The Morgan fingerprint density at radius 1 is 0.895 bits per heavy atom. The first-order chi connectivity index (χ1) is 18.4. The average Bonchev–Trinajstić information content (AvgIpc) is 2.94. The number of carbonyl (C=O) groups excluding carboxylic acids is 2. The molecule has 192 valence electrons. The van der Waals surface area contributed by atoms with E-state index in [-0.39, 0.29) is 16.6 Å². The molecule has 0 fully saturated rings. The van der Waals surface area contributed by atoms with Gasteiger partial charge in [0.1, 0.15) is 17.3 Å². The van der Waals surface area contributed by atoms with E-state index in [0.29, 0.717) is 28.3 Å². The van der Waals surface area contributed by atoms with Crippen LogP contribution < -0.4 is 19.7 Å². The van der Waals surface area contributed by atoms with E-state index in [4.69, 9.17) is 21.1 Å². The van der Waals surface area contributed by atoms with E-state index in [1.165, 1.54) is 12.1 Å². The molecule has 0 radical (unpaired) electrons. The summed E-state index contributed by atoms with van der Waals surface area (Å²) in [5.41, 5.74) is 2.60. The number of carbonyl (C=O) groups is 2. The number of amides is 2. The van der Waals surface area contributed by atoms with E-state index >= 15 is 0 Å². The Kier molecular flexibility index (Phi) is 7.03. The predicted octanol–water partition coefficient (Wildman–Crippen LogP) is 6.62. The molecule has 1 N–H and O–H groups in total. The van der Waals surface area contributed by atoms with E-state index in [2.05, 4.69) is 5.32 Å². The minimum atomic E-state index is -0.819. The third kappa shape index (κ3) is 4.68. The van der Waals surface area contributed by atoms with Crippen molar-refractivity contribution < 1.29 is 23.5 Å². The molecule has 0 bridgehead atoms. The van der Waals surface area contributed by atoms with E-state index in [9.17, 15) is 14.0 Å². The summed E-state index contributed by atoms with van der Waals surface area (Å²) < 4.78 is 24.3. The van der Waals surface area contributed by atoms with Gasteiger partial charge in [-0.15, -0.1) is 0 Å². The smallest absolute Gasteiger partial charge is 0.259 e. The molecule has 0 aliphatic carbocycles. The Labute approximate surface area is 224 Å². The van der Waals surface area contributed by atoms with Gasteiger partial charge in [-0.2, -0.15) is 0 Å². The van der Waals surface area contributed by atoms with Crippen molar-refractivity contribution in [3.05, 3.63) is 119 Å². The second-order valence-electron chi connectivity index (χ2n) is 8.77. The van der Waals surface area contributed by atoms with Gasteiger partial charge in [-0.05, 0) is 71.8 Å². The van der Waals surface area contributed by atoms with Gasteiger partial charge in [-0.1, -0.05) is 41.9 Å². The zero-order valence-electron chi connectivity index (χ0n) is 20.7. The quantitative estimate of drug-likeness (QED) is 0.304. The van der Waals surface area contributed by atoms with Crippen LogP contribution in [0.25, 0.3) is 0 Å². The average molecular weight is 531 g/mol. The lowest BCUT2D eigenvalue weighted by Crippen LogP contribution is -2.46. The van der Waals surface area contributed by atoms with Crippen LogP contribution in [0.5, 0.6) is 11.5 Å². The zero-order valence-corrected chi connectivity index (χ0v) is 21.4. The van der Waals surface area contributed by atoms with Crippen molar-refractivity contribution in [2.24, 2.45) is 0 Å². The molecular formula is C30H24ClFN2O4. The van der Waals surface area contributed by atoms with Gasteiger partial charge in [0.25, 0.3) is 5.91 Å². The largest absolute Gasteiger partial charge is 0.497 e. The Bertz CT molecular complexity index is 1490. The van der Waals surface area contributed by atoms with Gasteiger partial charge in [-0.3, -0.25) is 14.5 Å². The summed E-state index contributed by atoms with van der Waals surface area (Å²) in [6.07, 6.45) is 0. The topological polar surface area (TPSA) is 67.9 Å². The predicted molar refractivity (Wildman–Crippen MR) is 145 cm³/mol. The van der Waals surface area contributed by atoms with Gasteiger partial charge in [0.15, 0.2) is 0 Å². The van der Waals surface area contributed by atoms with Crippen LogP contribution in [0.1, 0.15) is 33.4 Å². The van der Waals surface area contributed by atoms with E-state index in [1.54, 1.807) is 79.8 Å². The number of fused-ring (bicyclic) bond motifs is 1. The maximum Gasteiger partial charge on any atom is 0.259 e. The molecule has 0 unspecified atom stereocenters. The fourth-order valence-corrected chi connectivity index (χ4v) is 5.00. The van der Waals surface area contributed by atoms with Gasteiger partial charge in [0.2, 0.25) is 5.91 Å². The van der Waals surface area contributed by atoms with Crippen molar-refractivity contribution in [2.45, 2.75) is 12.0 Å². The van der Waals surface area contributed by atoms with Crippen LogP contribution in [-0.2, 0) is 4.79 Å². The van der Waals surface area contributed by atoms with Crippen molar-refractivity contribution >= 4 is 34.8 Å². The van der Waals surface area contributed by atoms with Crippen LogP contribution >= 0.6 is 11.6 Å². The van der Waals surface area contributed by atoms with Crippen LogP contribution in [0.2, 0.25) is 5.02 Å². The second-order valence-corrected chi connectivity index (χ2v) is 9.18. The van der Waals surface area contributed by atoms with Gasteiger partial charge in [0.05, 0.1) is 36.9 Å². The number of ether oxygens (including phenoxy) is 2. The highest BCUT2D eigenvalue weighted by molar-refractivity contribution is 6.33. The summed E-state index contributed by atoms with van der Waals surface area (Å²) in [5.74, 6) is -0.677. The van der Waals surface area contributed by atoms with E-state index < -0.39 is 23.7 Å². The second kappa shape index (κ2) is 10.6. The molecule has 0 aromatic heterocycles. The van der Waals surface area contributed by atoms with Gasteiger partial charge >= 0.3 is 0 Å².